The van der Waals surface area contributed by atoms with Crippen molar-refractivity contribution in [2.45, 2.75) is 121 Å². The smallest absolute Gasteiger partial charge is 0.186 e. The average molecular weight is 450 g/mol. The van der Waals surface area contributed by atoms with E-state index in [2.05, 4.69) is 12.2 Å². The Bertz CT molecular complexity index is 413. The van der Waals surface area contributed by atoms with Crippen LogP contribution in [0.2, 0.25) is 0 Å². The van der Waals surface area contributed by atoms with Crippen LogP contribution in [-0.2, 0) is 9.47 Å². The predicted octanol–water partition coefficient (Wildman–Crippen LogP) is 1.45. The van der Waals surface area contributed by atoms with Crippen LogP contribution in [0.4, 0.5) is 0 Å². The molecule has 1 saturated heterocycles. The van der Waals surface area contributed by atoms with Gasteiger partial charge in [0.25, 0.3) is 0 Å². The third-order valence-electron chi connectivity index (χ3n) is 5.89. The largest absolute Gasteiger partial charge is 0.394 e. The highest BCUT2D eigenvalue weighted by Crippen LogP contribution is 2.22. The Balaban J connectivity index is 1.94. The second kappa shape index (κ2) is 18.1. The number of ether oxygens (including phenoxy) is 2. The Morgan fingerprint density at radius 3 is 1.90 bits per heavy atom. The van der Waals surface area contributed by atoms with E-state index in [-0.39, 0.29) is 6.61 Å². The number of hydrogen-bond donors (Lipinski definition) is 6. The molecule has 1 rings (SSSR count). The monoisotopic (exact) mass is 449 g/mol. The van der Waals surface area contributed by atoms with E-state index in [0.717, 1.165) is 13.0 Å². The van der Waals surface area contributed by atoms with Gasteiger partial charge in [0.15, 0.2) is 6.29 Å². The van der Waals surface area contributed by atoms with Gasteiger partial charge in [-0.25, -0.2) is 0 Å². The number of aliphatic hydroxyl groups excluding tert-OH is 5. The zero-order valence-corrected chi connectivity index (χ0v) is 19.3. The minimum Gasteiger partial charge on any atom is -0.394 e. The molecule has 0 amide bonds. The van der Waals surface area contributed by atoms with E-state index in [9.17, 15) is 20.4 Å². The summed E-state index contributed by atoms with van der Waals surface area (Å²) in [6, 6.07) is 0. The molecule has 0 aromatic carbocycles. The molecule has 1 aliphatic rings. The molecule has 1 heterocycles. The Kier molecular flexibility index (Phi) is 16.8. The van der Waals surface area contributed by atoms with Crippen LogP contribution >= 0.6 is 0 Å². The van der Waals surface area contributed by atoms with Crippen molar-refractivity contribution in [1.29, 1.82) is 0 Å². The number of unbranched alkanes of at least 4 members (excludes halogenated alkanes) is 11. The molecular formula is C23H47NO7. The number of aliphatic hydroxyl groups is 5. The number of hydrogen-bond acceptors (Lipinski definition) is 8. The molecular weight excluding hydrogens is 402 g/mol. The van der Waals surface area contributed by atoms with Crippen LogP contribution < -0.4 is 5.32 Å². The zero-order chi connectivity index (χ0) is 22.9. The van der Waals surface area contributed by atoms with Gasteiger partial charge in [0.1, 0.15) is 24.4 Å². The SMILES string of the molecule is CCCCCCCCCCCCCCNCC(O)CO[C@@H]1O[C@H](CO)[C@H](O)[C@H](O)[C@H]1O. The molecule has 186 valence electrons. The van der Waals surface area contributed by atoms with E-state index in [1.54, 1.807) is 0 Å². The van der Waals surface area contributed by atoms with E-state index in [4.69, 9.17) is 14.6 Å². The maximum absolute atomic E-state index is 10.0. The summed E-state index contributed by atoms with van der Waals surface area (Å²) in [5, 5.41) is 51.7. The van der Waals surface area contributed by atoms with Gasteiger partial charge < -0.3 is 40.3 Å². The van der Waals surface area contributed by atoms with Crippen LogP contribution in [0, 0.1) is 0 Å². The number of nitrogens with one attached hydrogen (secondary N) is 1. The molecule has 0 bridgehead atoms. The van der Waals surface area contributed by atoms with Gasteiger partial charge in [-0.05, 0) is 13.0 Å². The zero-order valence-electron chi connectivity index (χ0n) is 19.3. The first kappa shape index (κ1) is 28.7. The third kappa shape index (κ3) is 12.5. The summed E-state index contributed by atoms with van der Waals surface area (Å²) < 4.78 is 10.6. The lowest BCUT2D eigenvalue weighted by molar-refractivity contribution is -0.304. The van der Waals surface area contributed by atoms with Gasteiger partial charge in [0, 0.05) is 6.54 Å². The van der Waals surface area contributed by atoms with Gasteiger partial charge in [0.2, 0.25) is 0 Å². The first-order valence-corrected chi connectivity index (χ1v) is 12.3. The van der Waals surface area contributed by atoms with Crippen LogP contribution in [-0.4, -0.2) is 88.6 Å². The summed E-state index contributed by atoms with van der Waals surface area (Å²) in [5.74, 6) is 0. The third-order valence-corrected chi connectivity index (χ3v) is 5.89. The molecule has 0 aromatic rings. The molecule has 0 spiro atoms. The fourth-order valence-electron chi connectivity index (χ4n) is 3.83. The molecule has 0 aliphatic carbocycles. The molecule has 8 nitrogen and oxygen atoms in total. The normalized spacial score (nSPS) is 27.5. The van der Waals surface area contributed by atoms with Crippen molar-refractivity contribution >= 4 is 0 Å². The van der Waals surface area contributed by atoms with Gasteiger partial charge in [-0.1, -0.05) is 77.6 Å². The summed E-state index contributed by atoms with van der Waals surface area (Å²) in [5.41, 5.74) is 0. The minimum atomic E-state index is -1.48. The second-order valence-corrected chi connectivity index (χ2v) is 8.78. The summed E-state index contributed by atoms with van der Waals surface area (Å²) in [4.78, 5) is 0. The molecule has 1 fully saturated rings. The standard InChI is InChI=1S/C23H47NO7/c1-2-3-4-5-6-7-8-9-10-11-12-13-14-24-15-18(26)17-30-23-22(29)21(28)20(27)19(16-25)31-23/h18-29H,2-17H2,1H3/t18?,19-,20+,21+,22-,23-/m1/s1. The molecule has 0 aromatic heterocycles. The number of rotatable bonds is 19. The van der Waals surface area contributed by atoms with Crippen LogP contribution in [0.1, 0.15) is 84.0 Å². The lowest BCUT2D eigenvalue weighted by atomic mass is 9.99. The quantitative estimate of drug-likeness (QED) is 0.163. The summed E-state index contributed by atoms with van der Waals surface area (Å²) in [7, 11) is 0. The summed E-state index contributed by atoms with van der Waals surface area (Å²) in [6.07, 6.45) is 8.34. The molecule has 0 saturated carbocycles. The van der Waals surface area contributed by atoms with Crippen molar-refractivity contribution in [3.05, 3.63) is 0 Å². The maximum Gasteiger partial charge on any atom is 0.186 e. The Morgan fingerprint density at radius 1 is 0.806 bits per heavy atom. The van der Waals surface area contributed by atoms with Crippen molar-refractivity contribution in [3.8, 4) is 0 Å². The minimum absolute atomic E-state index is 0.0892. The summed E-state index contributed by atoms with van der Waals surface area (Å²) in [6.45, 7) is 2.84. The van der Waals surface area contributed by atoms with Crippen molar-refractivity contribution in [2.75, 3.05) is 26.3 Å². The maximum atomic E-state index is 10.0. The average Bonchev–Trinajstić information content (AvgIpc) is 2.77. The molecule has 0 radical (unpaired) electrons. The lowest BCUT2D eigenvalue weighted by Crippen LogP contribution is -2.59. The highest BCUT2D eigenvalue weighted by atomic mass is 16.7. The van der Waals surface area contributed by atoms with Crippen LogP contribution in [0.5, 0.6) is 0 Å². The Labute approximate surface area is 188 Å². The summed E-state index contributed by atoms with van der Waals surface area (Å²) >= 11 is 0. The molecule has 6 atom stereocenters. The van der Waals surface area contributed by atoms with Crippen LogP contribution in [0.3, 0.4) is 0 Å². The van der Waals surface area contributed by atoms with Crippen LogP contribution in [0.15, 0.2) is 0 Å². The van der Waals surface area contributed by atoms with Gasteiger partial charge in [-0.15, -0.1) is 0 Å². The highest BCUT2D eigenvalue weighted by Gasteiger charge is 2.44. The fraction of sp³-hybridized carbons (Fsp3) is 1.00. The highest BCUT2D eigenvalue weighted by molar-refractivity contribution is 4.88. The van der Waals surface area contributed by atoms with Crippen LogP contribution in [0.25, 0.3) is 0 Å². The van der Waals surface area contributed by atoms with Crippen molar-refractivity contribution in [2.24, 2.45) is 0 Å². The van der Waals surface area contributed by atoms with Crippen molar-refractivity contribution < 1.29 is 35.0 Å². The van der Waals surface area contributed by atoms with E-state index >= 15 is 0 Å². The predicted molar refractivity (Wildman–Crippen MR) is 120 cm³/mol. The molecule has 1 unspecified atom stereocenters. The molecule has 31 heavy (non-hydrogen) atoms. The molecule has 6 N–H and O–H groups in total. The Morgan fingerprint density at radius 2 is 1.35 bits per heavy atom. The van der Waals surface area contributed by atoms with E-state index in [0.29, 0.717) is 6.54 Å². The van der Waals surface area contributed by atoms with Gasteiger partial charge in [-0.2, -0.15) is 0 Å². The topological polar surface area (TPSA) is 132 Å². The van der Waals surface area contributed by atoms with Crippen molar-refractivity contribution in [1.82, 2.24) is 5.32 Å². The van der Waals surface area contributed by atoms with E-state index in [1.165, 1.54) is 70.6 Å². The second-order valence-electron chi connectivity index (χ2n) is 8.78. The van der Waals surface area contributed by atoms with Gasteiger partial charge >= 0.3 is 0 Å². The van der Waals surface area contributed by atoms with Gasteiger partial charge in [-0.3, -0.25) is 0 Å². The Hall–Kier alpha value is -0.320. The molecule has 8 heteroatoms. The van der Waals surface area contributed by atoms with Crippen molar-refractivity contribution in [3.63, 3.8) is 0 Å². The lowest BCUT2D eigenvalue weighted by Gasteiger charge is -2.39. The van der Waals surface area contributed by atoms with E-state index in [1.807, 2.05) is 0 Å². The molecule has 1 aliphatic heterocycles. The van der Waals surface area contributed by atoms with Gasteiger partial charge in [0.05, 0.1) is 19.3 Å². The van der Waals surface area contributed by atoms with E-state index < -0.39 is 43.4 Å². The first-order valence-electron chi connectivity index (χ1n) is 12.3. The fourth-order valence-corrected chi connectivity index (χ4v) is 3.83. The first-order chi connectivity index (χ1) is 15.0.